The van der Waals surface area contributed by atoms with E-state index in [1.54, 1.807) is 0 Å². The summed E-state index contributed by atoms with van der Waals surface area (Å²) in [6.07, 6.45) is 1.84. The average molecular weight is 549 g/mol. The standard InChI is InChI=1S/C41H28N2/c1-27-22-23-42-39(24-27)38-19-9-18-37(43-38)30-12-8-13-31(26-30)40-33-14-4-6-16-35(33)41(36-17-7-5-15-34(36)40)32-21-20-28-10-2-3-11-29(28)25-32/h2-26H,1H3. The van der Waals surface area contributed by atoms with Gasteiger partial charge in [-0.3, -0.25) is 4.98 Å². The molecule has 2 nitrogen and oxygen atoms in total. The maximum atomic E-state index is 5.03. The predicted octanol–water partition coefficient (Wildman–Crippen LogP) is 10.9. The SMILES string of the molecule is Cc1ccnc(-c2cccc(-c3cccc(-c4c5ccccc5c(-c5ccc6ccccc6c5)c5ccccc45)c3)n2)c1. The van der Waals surface area contributed by atoms with Crippen molar-refractivity contribution < 1.29 is 0 Å². The largest absolute Gasteiger partial charge is 0.255 e. The van der Waals surface area contributed by atoms with Gasteiger partial charge in [0.15, 0.2) is 0 Å². The van der Waals surface area contributed by atoms with Crippen molar-refractivity contribution in [1.29, 1.82) is 0 Å². The van der Waals surface area contributed by atoms with Crippen LogP contribution in [-0.2, 0) is 0 Å². The van der Waals surface area contributed by atoms with Crippen LogP contribution in [-0.4, -0.2) is 9.97 Å². The van der Waals surface area contributed by atoms with Gasteiger partial charge >= 0.3 is 0 Å². The number of nitrogens with zero attached hydrogens (tertiary/aromatic N) is 2. The Labute approximate surface area is 251 Å². The van der Waals surface area contributed by atoms with Crippen molar-refractivity contribution in [2.75, 3.05) is 0 Å². The van der Waals surface area contributed by atoms with E-state index < -0.39 is 0 Å². The third-order valence-corrected chi connectivity index (χ3v) is 8.34. The van der Waals surface area contributed by atoms with Crippen LogP contribution in [0.3, 0.4) is 0 Å². The van der Waals surface area contributed by atoms with E-state index in [2.05, 4.69) is 145 Å². The normalized spacial score (nSPS) is 11.4. The molecule has 8 aromatic rings. The first-order valence-corrected chi connectivity index (χ1v) is 14.7. The highest BCUT2D eigenvalue weighted by Gasteiger charge is 2.17. The molecule has 2 aromatic heterocycles. The Morgan fingerprint density at radius 2 is 0.977 bits per heavy atom. The number of aryl methyl sites for hydroxylation is 1. The van der Waals surface area contributed by atoms with E-state index in [0.717, 1.165) is 22.6 Å². The van der Waals surface area contributed by atoms with Crippen LogP contribution < -0.4 is 0 Å². The molecule has 6 aromatic carbocycles. The van der Waals surface area contributed by atoms with Crippen LogP contribution in [0.25, 0.3) is 77.2 Å². The molecule has 2 heteroatoms. The molecule has 0 unspecified atom stereocenters. The van der Waals surface area contributed by atoms with Crippen LogP contribution >= 0.6 is 0 Å². The lowest BCUT2D eigenvalue weighted by Gasteiger charge is -2.18. The van der Waals surface area contributed by atoms with Gasteiger partial charge in [-0.2, -0.15) is 0 Å². The molecule has 2 heterocycles. The van der Waals surface area contributed by atoms with E-state index in [9.17, 15) is 0 Å². The molecule has 0 bridgehead atoms. The summed E-state index contributed by atoms with van der Waals surface area (Å²) >= 11 is 0. The number of rotatable bonds is 4. The van der Waals surface area contributed by atoms with E-state index in [0.29, 0.717) is 0 Å². The van der Waals surface area contributed by atoms with Gasteiger partial charge < -0.3 is 0 Å². The average Bonchev–Trinajstić information content (AvgIpc) is 3.07. The summed E-state index contributed by atoms with van der Waals surface area (Å²) in [5.41, 5.74) is 9.88. The minimum atomic E-state index is 0.877. The van der Waals surface area contributed by atoms with Crippen molar-refractivity contribution in [3.05, 3.63) is 157 Å². The molecule has 0 atom stereocenters. The lowest BCUT2D eigenvalue weighted by molar-refractivity contribution is 1.23. The summed E-state index contributed by atoms with van der Waals surface area (Å²) < 4.78 is 0. The molecule has 202 valence electrons. The number of benzene rings is 6. The Bertz CT molecular complexity index is 2260. The van der Waals surface area contributed by atoms with Gasteiger partial charge in [-0.1, -0.05) is 109 Å². The Morgan fingerprint density at radius 3 is 1.67 bits per heavy atom. The van der Waals surface area contributed by atoms with Gasteiger partial charge in [0.05, 0.1) is 17.1 Å². The maximum Gasteiger partial charge on any atom is 0.0893 e. The van der Waals surface area contributed by atoms with Crippen molar-refractivity contribution in [3.63, 3.8) is 0 Å². The number of aromatic nitrogens is 2. The summed E-state index contributed by atoms with van der Waals surface area (Å²) in [6, 6.07) is 52.1. The van der Waals surface area contributed by atoms with Crippen molar-refractivity contribution >= 4 is 32.3 Å². The Morgan fingerprint density at radius 1 is 0.395 bits per heavy atom. The van der Waals surface area contributed by atoms with E-state index >= 15 is 0 Å². The lowest BCUT2D eigenvalue weighted by atomic mass is 9.85. The minimum absolute atomic E-state index is 0.877. The third-order valence-electron chi connectivity index (χ3n) is 8.34. The topological polar surface area (TPSA) is 25.8 Å². The van der Waals surface area contributed by atoms with Crippen molar-refractivity contribution in [2.45, 2.75) is 6.92 Å². The van der Waals surface area contributed by atoms with Crippen LogP contribution in [0.4, 0.5) is 0 Å². The van der Waals surface area contributed by atoms with E-state index in [-0.39, 0.29) is 0 Å². The van der Waals surface area contributed by atoms with Crippen LogP contribution in [0, 0.1) is 6.92 Å². The zero-order chi connectivity index (χ0) is 28.8. The fourth-order valence-electron chi connectivity index (χ4n) is 6.34. The van der Waals surface area contributed by atoms with Gasteiger partial charge in [0, 0.05) is 11.8 Å². The van der Waals surface area contributed by atoms with Gasteiger partial charge in [-0.25, -0.2) is 4.98 Å². The van der Waals surface area contributed by atoms with Gasteiger partial charge in [-0.15, -0.1) is 0 Å². The van der Waals surface area contributed by atoms with E-state index in [4.69, 9.17) is 4.98 Å². The molecule has 0 saturated heterocycles. The van der Waals surface area contributed by atoms with Crippen molar-refractivity contribution in [2.24, 2.45) is 0 Å². The molecule has 0 aliphatic rings. The highest BCUT2D eigenvalue weighted by molar-refractivity contribution is 6.21. The van der Waals surface area contributed by atoms with Crippen LogP contribution in [0.15, 0.2) is 152 Å². The molecule has 0 radical (unpaired) electrons. The molecular weight excluding hydrogens is 520 g/mol. The Hall–Kier alpha value is -5.60. The minimum Gasteiger partial charge on any atom is -0.255 e. The van der Waals surface area contributed by atoms with Gasteiger partial charge in [-0.05, 0) is 103 Å². The van der Waals surface area contributed by atoms with Crippen molar-refractivity contribution in [1.82, 2.24) is 9.97 Å². The molecule has 0 spiro atoms. The second kappa shape index (κ2) is 10.3. The van der Waals surface area contributed by atoms with Gasteiger partial charge in [0.25, 0.3) is 0 Å². The maximum absolute atomic E-state index is 5.03. The molecule has 0 aliphatic heterocycles. The first-order valence-electron chi connectivity index (χ1n) is 14.7. The Balaban J connectivity index is 1.34. The smallest absolute Gasteiger partial charge is 0.0893 e. The van der Waals surface area contributed by atoms with Gasteiger partial charge in [0.1, 0.15) is 0 Å². The monoisotopic (exact) mass is 548 g/mol. The zero-order valence-corrected chi connectivity index (χ0v) is 23.8. The summed E-state index contributed by atoms with van der Waals surface area (Å²) in [5, 5.41) is 7.49. The summed E-state index contributed by atoms with van der Waals surface area (Å²) in [4.78, 5) is 9.60. The molecule has 0 amide bonds. The number of hydrogen-bond acceptors (Lipinski definition) is 2. The summed E-state index contributed by atoms with van der Waals surface area (Å²) in [7, 11) is 0. The number of pyridine rings is 2. The highest BCUT2D eigenvalue weighted by Crippen LogP contribution is 2.44. The highest BCUT2D eigenvalue weighted by atomic mass is 14.8. The molecule has 0 aliphatic carbocycles. The fraction of sp³-hybridized carbons (Fsp3) is 0.0244. The third kappa shape index (κ3) is 4.45. The summed E-state index contributed by atoms with van der Waals surface area (Å²) in [5.74, 6) is 0. The Kier molecular flexibility index (Phi) is 6.05. The molecule has 8 rings (SSSR count). The van der Waals surface area contributed by atoms with Crippen LogP contribution in [0.1, 0.15) is 5.56 Å². The molecular formula is C41H28N2. The number of hydrogen-bond donors (Lipinski definition) is 0. The quantitative estimate of drug-likeness (QED) is 0.204. The first kappa shape index (κ1) is 25.1. The molecule has 0 fully saturated rings. The second-order valence-electron chi connectivity index (χ2n) is 11.1. The summed E-state index contributed by atoms with van der Waals surface area (Å²) in [6.45, 7) is 2.08. The fourth-order valence-corrected chi connectivity index (χ4v) is 6.34. The van der Waals surface area contributed by atoms with Gasteiger partial charge in [0.2, 0.25) is 0 Å². The predicted molar refractivity (Wildman–Crippen MR) is 181 cm³/mol. The lowest BCUT2D eigenvalue weighted by Crippen LogP contribution is -1.93. The van der Waals surface area contributed by atoms with Crippen LogP contribution in [0.5, 0.6) is 0 Å². The first-order chi connectivity index (χ1) is 21.2. The second-order valence-corrected chi connectivity index (χ2v) is 11.1. The number of fused-ring (bicyclic) bond motifs is 3. The van der Waals surface area contributed by atoms with Crippen molar-refractivity contribution in [3.8, 4) is 44.9 Å². The van der Waals surface area contributed by atoms with E-state index in [1.807, 2.05) is 18.3 Å². The van der Waals surface area contributed by atoms with E-state index in [1.165, 1.54) is 60.1 Å². The molecule has 0 saturated carbocycles. The van der Waals surface area contributed by atoms with Crippen LogP contribution in [0.2, 0.25) is 0 Å². The molecule has 43 heavy (non-hydrogen) atoms. The molecule has 0 N–H and O–H groups in total. The zero-order valence-electron chi connectivity index (χ0n) is 23.8.